The van der Waals surface area contributed by atoms with E-state index in [4.69, 9.17) is 16.3 Å². The molecule has 0 spiro atoms. The van der Waals surface area contributed by atoms with Crippen LogP contribution >= 0.6 is 27.5 Å². The number of rotatable bonds is 6. The second-order valence-electron chi connectivity index (χ2n) is 5.12. The fourth-order valence-electron chi connectivity index (χ4n) is 1.37. The molecule has 0 saturated heterocycles. The Kier molecular flexibility index (Phi) is 5.96. The van der Waals surface area contributed by atoms with Crippen LogP contribution in [0.2, 0.25) is 5.02 Å². The van der Waals surface area contributed by atoms with Crippen LogP contribution in [0.25, 0.3) is 0 Å². The van der Waals surface area contributed by atoms with Crippen molar-refractivity contribution in [3.63, 3.8) is 0 Å². The first-order chi connectivity index (χ1) is 8.34. The van der Waals surface area contributed by atoms with Crippen LogP contribution in [0.4, 0.5) is 0 Å². The van der Waals surface area contributed by atoms with E-state index in [9.17, 15) is 0 Å². The molecule has 0 amide bonds. The van der Waals surface area contributed by atoms with Gasteiger partial charge in [0.05, 0.1) is 5.02 Å². The van der Waals surface area contributed by atoms with E-state index in [0.29, 0.717) is 5.02 Å². The smallest absolute Gasteiger partial charge is 0.139 e. The van der Waals surface area contributed by atoms with Crippen LogP contribution in [0.5, 0.6) is 5.75 Å². The average molecular weight is 335 g/mol. The lowest BCUT2D eigenvalue weighted by atomic mass is 10.0. The number of nitrogens with one attached hydrogen (secondary N) is 1. The molecule has 1 atom stereocenters. The third-order valence-electron chi connectivity index (χ3n) is 2.97. The molecule has 0 aliphatic heterocycles. The molecule has 0 aromatic heterocycles. The average Bonchev–Trinajstić information content (AvgIpc) is 2.31. The molecular formula is C14H21BrClNO. The lowest BCUT2D eigenvalue weighted by Crippen LogP contribution is -2.43. The number of halogens is 2. The summed E-state index contributed by atoms with van der Waals surface area (Å²) in [4.78, 5) is 0. The van der Waals surface area contributed by atoms with Gasteiger partial charge in [0.2, 0.25) is 0 Å². The SMILES string of the molecule is CCC(C)(C)NCC(C)Oc1cc(Br)ccc1Cl. The van der Waals surface area contributed by atoms with Gasteiger partial charge in [0.25, 0.3) is 0 Å². The third kappa shape index (κ3) is 5.17. The lowest BCUT2D eigenvalue weighted by molar-refractivity contribution is 0.199. The molecule has 1 unspecified atom stereocenters. The fraction of sp³-hybridized carbons (Fsp3) is 0.571. The van der Waals surface area contributed by atoms with Crippen LogP contribution < -0.4 is 10.1 Å². The first-order valence-corrected chi connectivity index (χ1v) is 7.38. The predicted octanol–water partition coefficient (Wildman–Crippen LogP) is 4.65. The standard InChI is InChI=1S/C14H21BrClNO/c1-5-14(3,4)17-9-10(2)18-13-8-11(15)6-7-12(13)16/h6-8,10,17H,5,9H2,1-4H3. The van der Waals surface area contributed by atoms with Crippen LogP contribution in [0.1, 0.15) is 34.1 Å². The van der Waals surface area contributed by atoms with Crippen molar-refractivity contribution in [2.75, 3.05) is 6.54 Å². The highest BCUT2D eigenvalue weighted by molar-refractivity contribution is 9.10. The fourth-order valence-corrected chi connectivity index (χ4v) is 1.87. The van der Waals surface area contributed by atoms with Crippen LogP contribution in [0.3, 0.4) is 0 Å². The molecule has 0 fully saturated rings. The van der Waals surface area contributed by atoms with Gasteiger partial charge in [0, 0.05) is 16.6 Å². The minimum absolute atomic E-state index is 0.0719. The Balaban J connectivity index is 2.54. The molecule has 0 saturated carbocycles. The Morgan fingerprint density at radius 2 is 2.11 bits per heavy atom. The van der Waals surface area contributed by atoms with Gasteiger partial charge >= 0.3 is 0 Å². The molecule has 0 aliphatic carbocycles. The molecule has 2 nitrogen and oxygen atoms in total. The van der Waals surface area contributed by atoms with Gasteiger partial charge < -0.3 is 10.1 Å². The van der Waals surface area contributed by atoms with E-state index in [1.165, 1.54) is 0 Å². The van der Waals surface area contributed by atoms with Crippen molar-refractivity contribution in [1.82, 2.24) is 5.32 Å². The van der Waals surface area contributed by atoms with Gasteiger partial charge in [-0.15, -0.1) is 0 Å². The molecule has 18 heavy (non-hydrogen) atoms. The lowest BCUT2D eigenvalue weighted by Gasteiger charge is -2.27. The first kappa shape index (κ1) is 15.8. The van der Waals surface area contributed by atoms with Crippen LogP contribution in [0, 0.1) is 0 Å². The summed E-state index contributed by atoms with van der Waals surface area (Å²) in [5.41, 5.74) is 0.138. The van der Waals surface area contributed by atoms with Gasteiger partial charge in [-0.1, -0.05) is 34.5 Å². The Hall–Kier alpha value is -0.250. The highest BCUT2D eigenvalue weighted by Crippen LogP contribution is 2.28. The number of hydrogen-bond acceptors (Lipinski definition) is 2. The van der Waals surface area contributed by atoms with E-state index in [2.05, 4.69) is 42.0 Å². The van der Waals surface area contributed by atoms with Gasteiger partial charge in [-0.2, -0.15) is 0 Å². The maximum Gasteiger partial charge on any atom is 0.139 e. The minimum Gasteiger partial charge on any atom is -0.488 e. The monoisotopic (exact) mass is 333 g/mol. The van der Waals surface area contributed by atoms with Crippen molar-refractivity contribution in [2.24, 2.45) is 0 Å². The predicted molar refractivity (Wildman–Crippen MR) is 81.6 cm³/mol. The summed E-state index contributed by atoms with van der Waals surface area (Å²) in [7, 11) is 0. The van der Waals surface area contributed by atoms with E-state index < -0.39 is 0 Å². The second-order valence-corrected chi connectivity index (χ2v) is 6.44. The summed E-state index contributed by atoms with van der Waals surface area (Å²) >= 11 is 9.51. The molecule has 0 bridgehead atoms. The summed E-state index contributed by atoms with van der Waals surface area (Å²) in [5.74, 6) is 0.717. The largest absolute Gasteiger partial charge is 0.488 e. The van der Waals surface area contributed by atoms with E-state index in [1.807, 2.05) is 25.1 Å². The summed E-state index contributed by atoms with van der Waals surface area (Å²) in [6.45, 7) is 9.38. The van der Waals surface area contributed by atoms with Crippen LogP contribution in [0.15, 0.2) is 22.7 Å². The Morgan fingerprint density at radius 3 is 2.72 bits per heavy atom. The van der Waals surface area contributed by atoms with Gasteiger partial charge in [-0.3, -0.25) is 0 Å². The van der Waals surface area contributed by atoms with Crippen LogP contribution in [-0.2, 0) is 0 Å². The maximum atomic E-state index is 6.09. The van der Waals surface area contributed by atoms with Gasteiger partial charge in [0.15, 0.2) is 0 Å². The van der Waals surface area contributed by atoms with Crippen molar-refractivity contribution in [2.45, 2.75) is 45.8 Å². The molecule has 4 heteroatoms. The molecule has 1 N–H and O–H groups in total. The van der Waals surface area contributed by atoms with E-state index >= 15 is 0 Å². The molecular weight excluding hydrogens is 314 g/mol. The van der Waals surface area contributed by atoms with E-state index in [0.717, 1.165) is 23.2 Å². The summed E-state index contributed by atoms with van der Waals surface area (Å²) < 4.78 is 6.81. The van der Waals surface area contributed by atoms with Gasteiger partial charge in [-0.05, 0) is 45.4 Å². The highest BCUT2D eigenvalue weighted by Gasteiger charge is 2.16. The van der Waals surface area contributed by atoms with Crippen molar-refractivity contribution in [1.29, 1.82) is 0 Å². The zero-order valence-electron chi connectivity index (χ0n) is 11.4. The van der Waals surface area contributed by atoms with Crippen molar-refractivity contribution in [3.05, 3.63) is 27.7 Å². The maximum absolute atomic E-state index is 6.09. The van der Waals surface area contributed by atoms with Crippen molar-refractivity contribution < 1.29 is 4.74 Å². The topological polar surface area (TPSA) is 21.3 Å². The molecule has 0 aliphatic rings. The van der Waals surface area contributed by atoms with Crippen molar-refractivity contribution in [3.8, 4) is 5.75 Å². The third-order valence-corrected chi connectivity index (χ3v) is 3.78. The Morgan fingerprint density at radius 1 is 1.44 bits per heavy atom. The molecule has 1 aromatic carbocycles. The van der Waals surface area contributed by atoms with Crippen molar-refractivity contribution >= 4 is 27.5 Å². The van der Waals surface area contributed by atoms with Crippen LogP contribution in [-0.4, -0.2) is 18.2 Å². The zero-order chi connectivity index (χ0) is 13.8. The summed E-state index contributed by atoms with van der Waals surface area (Å²) in [6, 6.07) is 5.62. The molecule has 1 aromatic rings. The quantitative estimate of drug-likeness (QED) is 0.817. The zero-order valence-corrected chi connectivity index (χ0v) is 13.7. The Labute approximate surface area is 123 Å². The number of ether oxygens (including phenoxy) is 1. The second kappa shape index (κ2) is 6.78. The summed E-state index contributed by atoms with van der Waals surface area (Å²) in [6.07, 6.45) is 1.15. The normalized spacial score (nSPS) is 13.4. The molecule has 102 valence electrons. The molecule has 0 radical (unpaired) electrons. The van der Waals surface area contributed by atoms with E-state index in [1.54, 1.807) is 0 Å². The Bertz CT molecular complexity index is 395. The highest BCUT2D eigenvalue weighted by atomic mass is 79.9. The molecule has 1 rings (SSSR count). The van der Waals surface area contributed by atoms with E-state index in [-0.39, 0.29) is 11.6 Å². The number of hydrogen-bond donors (Lipinski definition) is 1. The summed E-state index contributed by atoms with van der Waals surface area (Å²) in [5, 5.41) is 4.12. The number of benzene rings is 1. The van der Waals surface area contributed by atoms with Gasteiger partial charge in [-0.25, -0.2) is 0 Å². The van der Waals surface area contributed by atoms with Gasteiger partial charge in [0.1, 0.15) is 11.9 Å². The molecule has 0 heterocycles. The minimum atomic E-state index is 0.0719. The first-order valence-electron chi connectivity index (χ1n) is 6.21.